The van der Waals surface area contributed by atoms with Crippen LogP contribution < -0.4 is 5.32 Å². The van der Waals surface area contributed by atoms with Gasteiger partial charge >= 0.3 is 0 Å². The highest BCUT2D eigenvalue weighted by Gasteiger charge is 2.32. The van der Waals surface area contributed by atoms with Gasteiger partial charge in [0.05, 0.1) is 0 Å². The Morgan fingerprint density at radius 3 is 2.17 bits per heavy atom. The average Bonchev–Trinajstić information content (AvgIpc) is 2.81. The second kappa shape index (κ2) is 12.4. The van der Waals surface area contributed by atoms with E-state index in [9.17, 15) is 9.59 Å². The Morgan fingerprint density at radius 2 is 1.54 bits per heavy atom. The van der Waals surface area contributed by atoms with E-state index < -0.39 is 11.6 Å². The molecule has 35 heavy (non-hydrogen) atoms. The highest BCUT2D eigenvalue weighted by Crippen LogP contribution is 2.21. The minimum Gasteiger partial charge on any atom is -0.350 e. The van der Waals surface area contributed by atoms with Gasteiger partial charge in [-0.05, 0) is 62.1 Å². The van der Waals surface area contributed by atoms with E-state index in [1.165, 1.54) is 0 Å². The van der Waals surface area contributed by atoms with Gasteiger partial charge in [0.25, 0.3) is 0 Å². The van der Waals surface area contributed by atoms with Crippen LogP contribution in [0.15, 0.2) is 83.3 Å². The monoisotopic (exact) mass is 554 g/mol. The predicted molar refractivity (Wildman–Crippen MR) is 146 cm³/mol. The van der Waals surface area contributed by atoms with Crippen LogP contribution in [0.25, 0.3) is 0 Å². The molecule has 0 heterocycles. The van der Waals surface area contributed by atoms with Gasteiger partial charge in [0.1, 0.15) is 6.04 Å². The molecule has 2 amide bonds. The molecule has 0 saturated heterocycles. The topological polar surface area (TPSA) is 49.4 Å². The van der Waals surface area contributed by atoms with Crippen molar-refractivity contribution >= 4 is 39.3 Å². The zero-order chi connectivity index (χ0) is 25.4. The van der Waals surface area contributed by atoms with E-state index in [0.717, 1.165) is 21.2 Å². The Hall–Kier alpha value is -2.63. The summed E-state index contributed by atoms with van der Waals surface area (Å²) in [6, 6.07) is 24.6. The molecule has 0 aliphatic heterocycles. The molecule has 184 valence electrons. The third kappa shape index (κ3) is 8.52. The summed E-state index contributed by atoms with van der Waals surface area (Å²) in [6.07, 6.45) is 1.19. The molecule has 6 heteroatoms. The van der Waals surface area contributed by atoms with Crippen molar-refractivity contribution in [2.75, 3.05) is 0 Å². The molecule has 0 aliphatic rings. The summed E-state index contributed by atoms with van der Waals surface area (Å²) in [5, 5.41) is 3.74. The summed E-state index contributed by atoms with van der Waals surface area (Å²) in [4.78, 5) is 29.0. The van der Waals surface area contributed by atoms with Gasteiger partial charge in [0.15, 0.2) is 0 Å². The summed E-state index contributed by atoms with van der Waals surface area (Å²) in [6.45, 7) is 6.18. The first-order chi connectivity index (χ1) is 16.6. The van der Waals surface area contributed by atoms with Crippen LogP contribution in [0.3, 0.4) is 0 Å². The minimum absolute atomic E-state index is 0.0853. The van der Waals surface area contributed by atoms with Gasteiger partial charge in [-0.1, -0.05) is 88.2 Å². The Bertz CT molecular complexity index is 1130. The van der Waals surface area contributed by atoms with E-state index in [2.05, 4.69) is 21.2 Å². The van der Waals surface area contributed by atoms with Crippen molar-refractivity contribution in [3.63, 3.8) is 0 Å². The van der Waals surface area contributed by atoms with Gasteiger partial charge in [0.2, 0.25) is 11.8 Å². The van der Waals surface area contributed by atoms with Gasteiger partial charge in [-0.3, -0.25) is 9.59 Å². The molecule has 0 bridgehead atoms. The quantitative estimate of drug-likeness (QED) is 0.324. The lowest BCUT2D eigenvalue weighted by Crippen LogP contribution is -2.54. The number of benzene rings is 3. The Morgan fingerprint density at radius 1 is 0.914 bits per heavy atom. The van der Waals surface area contributed by atoms with Gasteiger partial charge in [0, 0.05) is 34.4 Å². The fourth-order valence-electron chi connectivity index (χ4n) is 3.88. The maximum atomic E-state index is 13.7. The smallest absolute Gasteiger partial charge is 0.243 e. The number of aryl methyl sites for hydroxylation is 1. The molecular formula is C29H32BrClN2O2. The van der Waals surface area contributed by atoms with E-state index >= 15 is 0 Å². The molecule has 4 nitrogen and oxygen atoms in total. The summed E-state index contributed by atoms with van der Waals surface area (Å²) < 4.78 is 0.962. The van der Waals surface area contributed by atoms with E-state index in [0.29, 0.717) is 24.4 Å². The number of hydrogen-bond donors (Lipinski definition) is 1. The average molecular weight is 556 g/mol. The summed E-state index contributed by atoms with van der Waals surface area (Å²) in [7, 11) is 0. The van der Waals surface area contributed by atoms with Gasteiger partial charge in [-0.15, -0.1) is 0 Å². The van der Waals surface area contributed by atoms with Crippen LogP contribution >= 0.6 is 27.5 Å². The summed E-state index contributed by atoms with van der Waals surface area (Å²) >= 11 is 9.80. The first-order valence-corrected chi connectivity index (χ1v) is 12.9. The van der Waals surface area contributed by atoms with Crippen LogP contribution in [0.4, 0.5) is 0 Å². The Labute approximate surface area is 221 Å². The highest BCUT2D eigenvalue weighted by atomic mass is 79.9. The van der Waals surface area contributed by atoms with Crippen molar-refractivity contribution in [1.82, 2.24) is 10.2 Å². The summed E-state index contributed by atoms with van der Waals surface area (Å²) in [5.41, 5.74) is 2.46. The minimum atomic E-state index is -0.654. The molecular weight excluding hydrogens is 524 g/mol. The molecule has 0 radical (unpaired) electrons. The van der Waals surface area contributed by atoms with Crippen LogP contribution in [0.2, 0.25) is 5.02 Å². The van der Waals surface area contributed by atoms with Crippen molar-refractivity contribution in [1.29, 1.82) is 0 Å². The van der Waals surface area contributed by atoms with Crippen LogP contribution in [-0.2, 0) is 29.0 Å². The van der Waals surface area contributed by atoms with Gasteiger partial charge in [-0.2, -0.15) is 0 Å². The zero-order valence-electron chi connectivity index (χ0n) is 20.4. The SMILES string of the molecule is CC(C)(C)NC(=O)[C@@H](Cc1ccccc1)N(Cc1ccc(Br)cc1)C(=O)CCc1ccccc1Cl. The van der Waals surface area contributed by atoms with Crippen LogP contribution in [0.1, 0.15) is 43.9 Å². The largest absolute Gasteiger partial charge is 0.350 e. The third-order valence-electron chi connectivity index (χ3n) is 5.60. The number of nitrogens with zero attached hydrogens (tertiary/aromatic N) is 1. The van der Waals surface area contributed by atoms with Gasteiger partial charge in [-0.25, -0.2) is 0 Å². The number of rotatable bonds is 9. The maximum Gasteiger partial charge on any atom is 0.243 e. The van der Waals surface area contributed by atoms with E-state index in [1.54, 1.807) is 4.90 Å². The third-order valence-corrected chi connectivity index (χ3v) is 6.50. The van der Waals surface area contributed by atoms with Crippen molar-refractivity contribution in [2.24, 2.45) is 0 Å². The van der Waals surface area contributed by atoms with Crippen LogP contribution in [0.5, 0.6) is 0 Å². The molecule has 3 aromatic rings. The fourth-order valence-corrected chi connectivity index (χ4v) is 4.37. The lowest BCUT2D eigenvalue weighted by atomic mass is 10.00. The second-order valence-corrected chi connectivity index (χ2v) is 11.0. The van der Waals surface area contributed by atoms with E-state index in [4.69, 9.17) is 11.6 Å². The molecule has 0 unspecified atom stereocenters. The van der Waals surface area contributed by atoms with Gasteiger partial charge < -0.3 is 10.2 Å². The number of carbonyl (C=O) groups excluding carboxylic acids is 2. The number of amides is 2. The maximum absolute atomic E-state index is 13.7. The fraction of sp³-hybridized carbons (Fsp3) is 0.310. The number of carbonyl (C=O) groups is 2. The zero-order valence-corrected chi connectivity index (χ0v) is 22.8. The molecule has 3 aromatic carbocycles. The number of halogens is 2. The number of hydrogen-bond acceptors (Lipinski definition) is 2. The first-order valence-electron chi connectivity index (χ1n) is 11.8. The molecule has 0 spiro atoms. The Balaban J connectivity index is 1.93. The van der Waals surface area contributed by atoms with Crippen molar-refractivity contribution < 1.29 is 9.59 Å². The van der Waals surface area contributed by atoms with Crippen LogP contribution in [-0.4, -0.2) is 28.3 Å². The van der Waals surface area contributed by atoms with Crippen molar-refractivity contribution in [3.05, 3.63) is 105 Å². The van der Waals surface area contributed by atoms with Crippen molar-refractivity contribution in [2.45, 2.75) is 58.2 Å². The second-order valence-electron chi connectivity index (χ2n) is 9.68. The predicted octanol–water partition coefficient (Wildman–Crippen LogP) is 6.59. The molecule has 0 aliphatic carbocycles. The normalized spacial score (nSPS) is 12.1. The van der Waals surface area contributed by atoms with Crippen LogP contribution in [0, 0.1) is 0 Å². The van der Waals surface area contributed by atoms with E-state index in [-0.39, 0.29) is 18.2 Å². The highest BCUT2D eigenvalue weighted by molar-refractivity contribution is 9.10. The summed E-state index contributed by atoms with van der Waals surface area (Å²) in [5.74, 6) is -0.248. The lowest BCUT2D eigenvalue weighted by Gasteiger charge is -2.34. The standard InChI is InChI=1S/C29H32BrClN2O2/c1-29(2,3)32-28(35)26(19-21-9-5-4-6-10-21)33(20-22-13-16-24(30)17-14-22)27(34)18-15-23-11-7-8-12-25(23)31/h4-14,16-17,26H,15,18-20H2,1-3H3,(H,32,35)/t26-/m1/s1. The molecule has 3 rings (SSSR count). The molecule has 0 fully saturated rings. The van der Waals surface area contributed by atoms with Crippen molar-refractivity contribution in [3.8, 4) is 0 Å². The molecule has 0 aromatic heterocycles. The lowest BCUT2D eigenvalue weighted by molar-refractivity contribution is -0.141. The van der Waals surface area contributed by atoms with E-state index in [1.807, 2.05) is 99.6 Å². The molecule has 0 saturated carbocycles. The molecule has 1 N–H and O–H groups in total. The molecule has 1 atom stereocenters. The first kappa shape index (κ1) is 27.0. The Kier molecular flexibility index (Phi) is 9.53. The number of nitrogens with one attached hydrogen (secondary N) is 1.